The second-order valence-electron chi connectivity index (χ2n) is 6.73. The highest BCUT2D eigenvalue weighted by Crippen LogP contribution is 2.18. The van der Waals surface area contributed by atoms with Crippen molar-refractivity contribution in [2.75, 3.05) is 18.9 Å². The van der Waals surface area contributed by atoms with Crippen molar-refractivity contribution in [2.24, 2.45) is 0 Å². The van der Waals surface area contributed by atoms with Crippen LogP contribution in [0.2, 0.25) is 0 Å². The summed E-state index contributed by atoms with van der Waals surface area (Å²) in [7, 11) is -2.38. The van der Waals surface area contributed by atoms with Crippen LogP contribution >= 0.6 is 0 Å². The number of hydrogen-bond donors (Lipinski definition) is 3. The smallest absolute Gasteiger partial charge is 0.255 e. The number of carbonyl (C=O) groups excluding carboxylic acids is 2. The first-order valence-electron chi connectivity index (χ1n) is 9.67. The Bertz CT molecular complexity index is 1180. The SMILES string of the molecule is CNS(=O)(=O)c1cccc(C(=O)Nc2ccccc2C(=O)NCCc2ccccc2)c1. The van der Waals surface area contributed by atoms with Crippen LogP contribution in [0.25, 0.3) is 0 Å². The largest absolute Gasteiger partial charge is 0.352 e. The monoisotopic (exact) mass is 437 g/mol. The van der Waals surface area contributed by atoms with Gasteiger partial charge in [0.2, 0.25) is 10.0 Å². The molecule has 0 aliphatic heterocycles. The third kappa shape index (κ3) is 5.78. The molecule has 0 fully saturated rings. The molecular weight excluding hydrogens is 414 g/mol. The van der Waals surface area contributed by atoms with Crippen molar-refractivity contribution in [2.45, 2.75) is 11.3 Å². The summed E-state index contributed by atoms with van der Waals surface area (Å²) >= 11 is 0. The van der Waals surface area contributed by atoms with Crippen LogP contribution in [0.4, 0.5) is 5.69 Å². The zero-order valence-electron chi connectivity index (χ0n) is 17.0. The fourth-order valence-electron chi connectivity index (χ4n) is 2.97. The minimum atomic E-state index is -3.68. The van der Waals surface area contributed by atoms with Crippen molar-refractivity contribution in [3.05, 3.63) is 95.6 Å². The maximum absolute atomic E-state index is 12.7. The summed E-state index contributed by atoms with van der Waals surface area (Å²) in [6.07, 6.45) is 0.688. The third-order valence-corrected chi connectivity index (χ3v) is 6.05. The van der Waals surface area contributed by atoms with E-state index in [9.17, 15) is 18.0 Å². The van der Waals surface area contributed by atoms with Gasteiger partial charge in [0.25, 0.3) is 11.8 Å². The molecule has 8 heteroatoms. The van der Waals surface area contributed by atoms with Crippen LogP contribution in [0.15, 0.2) is 83.8 Å². The van der Waals surface area contributed by atoms with Gasteiger partial charge in [-0.05, 0) is 49.4 Å². The predicted octanol–water partition coefficient (Wildman–Crippen LogP) is 2.82. The lowest BCUT2D eigenvalue weighted by molar-refractivity contribution is 0.0955. The molecule has 3 aromatic rings. The maximum Gasteiger partial charge on any atom is 0.255 e. The molecule has 7 nitrogen and oxygen atoms in total. The van der Waals surface area contributed by atoms with Crippen LogP contribution in [0.3, 0.4) is 0 Å². The molecule has 0 spiro atoms. The molecule has 3 aromatic carbocycles. The molecule has 0 heterocycles. The van der Waals surface area contributed by atoms with E-state index in [0.717, 1.165) is 5.56 Å². The molecule has 3 rings (SSSR count). The van der Waals surface area contributed by atoms with Crippen LogP contribution in [-0.4, -0.2) is 33.8 Å². The molecule has 2 amide bonds. The van der Waals surface area contributed by atoms with E-state index < -0.39 is 15.9 Å². The molecule has 0 aromatic heterocycles. The minimum Gasteiger partial charge on any atom is -0.352 e. The first-order valence-corrected chi connectivity index (χ1v) is 11.1. The van der Waals surface area contributed by atoms with E-state index in [1.165, 1.54) is 31.3 Å². The van der Waals surface area contributed by atoms with Gasteiger partial charge in [-0.1, -0.05) is 48.5 Å². The lowest BCUT2D eigenvalue weighted by Crippen LogP contribution is -2.27. The molecule has 0 radical (unpaired) electrons. The van der Waals surface area contributed by atoms with Crippen LogP contribution in [0, 0.1) is 0 Å². The second kappa shape index (κ2) is 10.0. The lowest BCUT2D eigenvalue weighted by atomic mass is 10.1. The number of hydrogen-bond acceptors (Lipinski definition) is 4. The zero-order valence-corrected chi connectivity index (χ0v) is 17.8. The molecule has 3 N–H and O–H groups in total. The summed E-state index contributed by atoms with van der Waals surface area (Å²) in [4.78, 5) is 25.3. The molecule has 0 saturated carbocycles. The van der Waals surface area contributed by atoms with Gasteiger partial charge in [-0.3, -0.25) is 9.59 Å². The normalized spacial score (nSPS) is 11.0. The molecule has 31 heavy (non-hydrogen) atoms. The van der Waals surface area contributed by atoms with Crippen LogP contribution < -0.4 is 15.4 Å². The number of rotatable bonds is 8. The Balaban J connectivity index is 1.71. The molecule has 0 saturated heterocycles. The highest BCUT2D eigenvalue weighted by molar-refractivity contribution is 7.89. The van der Waals surface area contributed by atoms with E-state index in [4.69, 9.17) is 0 Å². The first kappa shape index (κ1) is 22.2. The number of para-hydroxylation sites is 1. The number of nitrogens with one attached hydrogen (secondary N) is 3. The molecule has 0 unspecified atom stereocenters. The van der Waals surface area contributed by atoms with Gasteiger partial charge < -0.3 is 10.6 Å². The van der Waals surface area contributed by atoms with Crippen LogP contribution in [-0.2, 0) is 16.4 Å². The number of carbonyl (C=O) groups is 2. The van der Waals surface area contributed by atoms with E-state index in [-0.39, 0.29) is 16.4 Å². The van der Waals surface area contributed by atoms with E-state index in [1.54, 1.807) is 24.3 Å². The van der Waals surface area contributed by atoms with Gasteiger partial charge in [-0.25, -0.2) is 13.1 Å². The minimum absolute atomic E-state index is 0.0189. The van der Waals surface area contributed by atoms with Crippen molar-refractivity contribution in [1.82, 2.24) is 10.0 Å². The summed E-state index contributed by atoms with van der Waals surface area (Å²) < 4.78 is 26.2. The summed E-state index contributed by atoms with van der Waals surface area (Å²) in [5.41, 5.74) is 1.94. The molecule has 0 atom stereocenters. The van der Waals surface area contributed by atoms with Crippen LogP contribution in [0.1, 0.15) is 26.3 Å². The number of anilines is 1. The van der Waals surface area contributed by atoms with Gasteiger partial charge in [0, 0.05) is 12.1 Å². The fourth-order valence-corrected chi connectivity index (χ4v) is 3.74. The third-order valence-electron chi connectivity index (χ3n) is 4.64. The van der Waals surface area contributed by atoms with Gasteiger partial charge in [-0.15, -0.1) is 0 Å². The van der Waals surface area contributed by atoms with Crippen molar-refractivity contribution < 1.29 is 18.0 Å². The van der Waals surface area contributed by atoms with Crippen LogP contribution in [0.5, 0.6) is 0 Å². The first-order chi connectivity index (χ1) is 14.9. The predicted molar refractivity (Wildman–Crippen MR) is 120 cm³/mol. The van der Waals surface area contributed by atoms with Gasteiger partial charge in [0.1, 0.15) is 0 Å². The highest BCUT2D eigenvalue weighted by Gasteiger charge is 2.17. The molecular formula is C23H23N3O4S. The van der Waals surface area contributed by atoms with E-state index in [2.05, 4.69) is 15.4 Å². The number of benzene rings is 3. The summed E-state index contributed by atoms with van der Waals surface area (Å²) in [6, 6.07) is 22.1. The fraction of sp³-hybridized carbons (Fsp3) is 0.130. The average Bonchev–Trinajstić information content (AvgIpc) is 2.80. The van der Waals surface area contributed by atoms with E-state index >= 15 is 0 Å². The number of sulfonamides is 1. The zero-order chi connectivity index (χ0) is 22.3. The van der Waals surface area contributed by atoms with E-state index in [1.807, 2.05) is 30.3 Å². The topological polar surface area (TPSA) is 104 Å². The Kier molecular flexibility index (Phi) is 7.17. The number of amides is 2. The Morgan fingerprint density at radius 3 is 2.29 bits per heavy atom. The maximum atomic E-state index is 12.7. The Morgan fingerprint density at radius 1 is 0.839 bits per heavy atom. The summed E-state index contributed by atoms with van der Waals surface area (Å²) in [5, 5.41) is 5.56. The van der Waals surface area contributed by atoms with Crippen molar-refractivity contribution in [3.8, 4) is 0 Å². The van der Waals surface area contributed by atoms with Crippen molar-refractivity contribution in [3.63, 3.8) is 0 Å². The quantitative estimate of drug-likeness (QED) is 0.504. The Morgan fingerprint density at radius 2 is 1.55 bits per heavy atom. The standard InChI is InChI=1S/C23H23N3O4S/c1-24-31(29,30)19-11-7-10-18(16-19)22(27)26-21-13-6-5-12-20(21)23(28)25-15-14-17-8-3-2-4-9-17/h2-13,16,24H,14-15H2,1H3,(H,25,28)(H,26,27). The Hall–Kier alpha value is -3.49. The van der Waals surface area contributed by atoms with Crippen molar-refractivity contribution >= 4 is 27.5 Å². The molecule has 0 aliphatic rings. The Labute approximate surface area is 181 Å². The highest BCUT2D eigenvalue weighted by atomic mass is 32.2. The van der Waals surface area contributed by atoms with Gasteiger partial charge >= 0.3 is 0 Å². The van der Waals surface area contributed by atoms with E-state index in [0.29, 0.717) is 24.2 Å². The average molecular weight is 438 g/mol. The summed E-state index contributed by atoms with van der Waals surface area (Å²) in [6.45, 7) is 0.453. The lowest BCUT2D eigenvalue weighted by Gasteiger charge is -2.12. The van der Waals surface area contributed by atoms with Gasteiger partial charge in [0.05, 0.1) is 16.1 Å². The molecule has 0 aliphatic carbocycles. The second-order valence-corrected chi connectivity index (χ2v) is 8.61. The van der Waals surface area contributed by atoms with Crippen molar-refractivity contribution in [1.29, 1.82) is 0 Å². The van der Waals surface area contributed by atoms with Gasteiger partial charge in [-0.2, -0.15) is 0 Å². The molecule has 160 valence electrons. The summed E-state index contributed by atoms with van der Waals surface area (Å²) in [5.74, 6) is -0.823. The molecule has 0 bridgehead atoms. The van der Waals surface area contributed by atoms with Gasteiger partial charge in [0.15, 0.2) is 0 Å².